The van der Waals surface area contributed by atoms with Gasteiger partial charge in [0.25, 0.3) is 0 Å². The first-order chi connectivity index (χ1) is 7.99. The van der Waals surface area contributed by atoms with Crippen molar-refractivity contribution in [2.75, 3.05) is 26.4 Å². The molecule has 6 nitrogen and oxygen atoms in total. The zero-order valence-corrected chi connectivity index (χ0v) is 9.93. The Labute approximate surface area is 99.8 Å². The second-order valence-corrected chi connectivity index (χ2v) is 3.82. The lowest BCUT2D eigenvalue weighted by Gasteiger charge is -2.10. The highest BCUT2D eigenvalue weighted by molar-refractivity contribution is 5.85. The van der Waals surface area contributed by atoms with Crippen molar-refractivity contribution in [2.24, 2.45) is 0 Å². The molecule has 1 aromatic rings. The predicted octanol–water partition coefficient (Wildman–Crippen LogP) is -0.589. The fourth-order valence-electron chi connectivity index (χ4n) is 1.10. The molecule has 0 saturated carbocycles. The molecule has 2 amide bonds. The van der Waals surface area contributed by atoms with Gasteiger partial charge >= 0.3 is 0 Å². The second kappa shape index (κ2) is 5.83. The van der Waals surface area contributed by atoms with E-state index in [-0.39, 0.29) is 24.8 Å². The highest BCUT2D eigenvalue weighted by atomic mass is 16.2. The summed E-state index contributed by atoms with van der Waals surface area (Å²) in [7, 11) is 3.27. The maximum absolute atomic E-state index is 11.5. The fraction of sp³-hybridized carbons (Fsp3) is 0.364. The maximum atomic E-state index is 11.5. The largest absolute Gasteiger partial charge is 0.397 e. The molecule has 6 heteroatoms. The van der Waals surface area contributed by atoms with E-state index >= 15 is 0 Å². The molecule has 1 heterocycles. The third kappa shape index (κ3) is 4.50. The zero-order valence-electron chi connectivity index (χ0n) is 9.93. The number of hydrogen-bond acceptors (Lipinski definition) is 4. The molecule has 0 bridgehead atoms. The molecular weight excluding hydrogens is 220 g/mol. The van der Waals surface area contributed by atoms with Gasteiger partial charge in [0, 0.05) is 19.8 Å². The molecule has 0 fully saturated rings. The first kappa shape index (κ1) is 13.0. The molecule has 0 aliphatic carbocycles. The number of carbonyl (C=O) groups excluding carboxylic acids is 2. The van der Waals surface area contributed by atoms with E-state index in [9.17, 15) is 9.59 Å². The molecule has 1 aromatic heterocycles. The minimum atomic E-state index is -0.238. The number of rotatable bonds is 4. The minimum Gasteiger partial charge on any atom is -0.397 e. The summed E-state index contributed by atoms with van der Waals surface area (Å²) in [6, 6.07) is 3.36. The SMILES string of the molecule is CN(C)C(=O)CNC(=O)Cc1ccc(N)cn1. The number of pyridine rings is 1. The number of nitrogens with one attached hydrogen (secondary N) is 1. The average molecular weight is 236 g/mol. The lowest BCUT2D eigenvalue weighted by molar-refractivity contribution is -0.130. The molecule has 0 saturated heterocycles. The van der Waals surface area contributed by atoms with E-state index in [1.54, 1.807) is 26.2 Å². The molecule has 0 aromatic carbocycles. The molecule has 0 unspecified atom stereocenters. The van der Waals surface area contributed by atoms with Crippen LogP contribution in [0.2, 0.25) is 0 Å². The van der Waals surface area contributed by atoms with Gasteiger partial charge in [0.1, 0.15) is 0 Å². The summed E-state index contributed by atoms with van der Waals surface area (Å²) in [5.74, 6) is -0.388. The standard InChI is InChI=1S/C11H16N4O2/c1-15(2)11(17)7-14-10(16)5-9-4-3-8(12)6-13-9/h3-4,6H,5,7,12H2,1-2H3,(H,14,16). The number of anilines is 1. The van der Waals surface area contributed by atoms with Gasteiger partial charge in [0.05, 0.1) is 24.8 Å². The van der Waals surface area contributed by atoms with Crippen LogP contribution in [0.15, 0.2) is 18.3 Å². The van der Waals surface area contributed by atoms with E-state index in [4.69, 9.17) is 5.73 Å². The summed E-state index contributed by atoms with van der Waals surface area (Å²) >= 11 is 0. The van der Waals surface area contributed by atoms with Crippen LogP contribution in [0.25, 0.3) is 0 Å². The van der Waals surface area contributed by atoms with Crippen LogP contribution in [0.4, 0.5) is 5.69 Å². The van der Waals surface area contributed by atoms with Crippen molar-refractivity contribution < 1.29 is 9.59 Å². The molecule has 0 spiro atoms. The number of amides is 2. The van der Waals surface area contributed by atoms with E-state index in [0.717, 1.165) is 0 Å². The Morgan fingerprint density at radius 1 is 1.41 bits per heavy atom. The lowest BCUT2D eigenvalue weighted by Crippen LogP contribution is -2.36. The van der Waals surface area contributed by atoms with Crippen molar-refractivity contribution >= 4 is 17.5 Å². The Morgan fingerprint density at radius 3 is 2.65 bits per heavy atom. The van der Waals surface area contributed by atoms with Gasteiger partial charge in [-0.25, -0.2) is 0 Å². The number of hydrogen-bond donors (Lipinski definition) is 2. The van der Waals surface area contributed by atoms with Crippen LogP contribution < -0.4 is 11.1 Å². The van der Waals surface area contributed by atoms with Crippen LogP contribution in [-0.4, -0.2) is 42.3 Å². The van der Waals surface area contributed by atoms with E-state index in [1.807, 2.05) is 0 Å². The smallest absolute Gasteiger partial charge is 0.241 e. The van der Waals surface area contributed by atoms with Gasteiger partial charge in [-0.1, -0.05) is 0 Å². The summed E-state index contributed by atoms with van der Waals surface area (Å²) in [6.45, 7) is 0.000799. The van der Waals surface area contributed by atoms with Crippen molar-refractivity contribution in [1.82, 2.24) is 15.2 Å². The molecule has 0 radical (unpaired) electrons. The first-order valence-corrected chi connectivity index (χ1v) is 5.16. The second-order valence-electron chi connectivity index (χ2n) is 3.82. The molecule has 0 aliphatic rings. The fourth-order valence-corrected chi connectivity index (χ4v) is 1.10. The zero-order chi connectivity index (χ0) is 12.8. The van der Waals surface area contributed by atoms with Gasteiger partial charge in [-0.2, -0.15) is 0 Å². The maximum Gasteiger partial charge on any atom is 0.241 e. The Morgan fingerprint density at radius 2 is 2.12 bits per heavy atom. The summed E-state index contributed by atoms with van der Waals surface area (Å²) in [5.41, 5.74) is 6.65. The van der Waals surface area contributed by atoms with Gasteiger partial charge in [0.15, 0.2) is 0 Å². The van der Waals surface area contributed by atoms with Crippen molar-refractivity contribution in [1.29, 1.82) is 0 Å². The number of likely N-dealkylation sites (N-methyl/N-ethyl adjacent to an activating group) is 1. The van der Waals surface area contributed by atoms with E-state index < -0.39 is 0 Å². The molecular formula is C11H16N4O2. The third-order valence-electron chi connectivity index (χ3n) is 2.12. The van der Waals surface area contributed by atoms with Gasteiger partial charge in [-0.3, -0.25) is 14.6 Å². The van der Waals surface area contributed by atoms with Crippen LogP contribution in [-0.2, 0) is 16.0 Å². The van der Waals surface area contributed by atoms with E-state index in [1.165, 1.54) is 11.1 Å². The van der Waals surface area contributed by atoms with Gasteiger partial charge < -0.3 is 16.0 Å². The quantitative estimate of drug-likeness (QED) is 0.731. The summed E-state index contributed by atoms with van der Waals surface area (Å²) in [6.07, 6.45) is 1.63. The van der Waals surface area contributed by atoms with Crippen molar-refractivity contribution in [3.63, 3.8) is 0 Å². The van der Waals surface area contributed by atoms with Crippen LogP contribution in [0.1, 0.15) is 5.69 Å². The number of nitrogens with zero attached hydrogens (tertiary/aromatic N) is 2. The summed E-state index contributed by atoms with van der Waals surface area (Å²) < 4.78 is 0. The molecule has 0 aliphatic heterocycles. The Balaban J connectivity index is 2.40. The number of carbonyl (C=O) groups is 2. The average Bonchev–Trinajstić information content (AvgIpc) is 2.29. The normalized spacial score (nSPS) is 9.76. The molecule has 1 rings (SSSR count). The van der Waals surface area contributed by atoms with Crippen LogP contribution in [0.5, 0.6) is 0 Å². The van der Waals surface area contributed by atoms with Crippen molar-refractivity contribution in [3.8, 4) is 0 Å². The van der Waals surface area contributed by atoms with E-state index in [2.05, 4.69) is 10.3 Å². The molecule has 17 heavy (non-hydrogen) atoms. The van der Waals surface area contributed by atoms with Gasteiger partial charge in [0.2, 0.25) is 11.8 Å². The Bertz CT molecular complexity index is 400. The van der Waals surface area contributed by atoms with Gasteiger partial charge in [-0.15, -0.1) is 0 Å². The number of nitrogens with two attached hydrogens (primary N) is 1. The van der Waals surface area contributed by atoms with Crippen LogP contribution in [0, 0.1) is 0 Å². The topological polar surface area (TPSA) is 88.3 Å². The molecule has 3 N–H and O–H groups in total. The number of nitrogen functional groups attached to an aromatic ring is 1. The summed E-state index contributed by atoms with van der Waals surface area (Å²) in [5, 5.41) is 2.53. The highest BCUT2D eigenvalue weighted by Crippen LogP contribution is 2.01. The highest BCUT2D eigenvalue weighted by Gasteiger charge is 2.08. The third-order valence-corrected chi connectivity index (χ3v) is 2.12. The summed E-state index contributed by atoms with van der Waals surface area (Å²) in [4.78, 5) is 28.1. The molecule has 0 atom stereocenters. The lowest BCUT2D eigenvalue weighted by atomic mass is 10.2. The van der Waals surface area contributed by atoms with Crippen LogP contribution >= 0.6 is 0 Å². The van der Waals surface area contributed by atoms with Crippen molar-refractivity contribution in [3.05, 3.63) is 24.0 Å². The predicted molar refractivity (Wildman–Crippen MR) is 64.1 cm³/mol. The van der Waals surface area contributed by atoms with Crippen molar-refractivity contribution in [2.45, 2.75) is 6.42 Å². The number of aromatic nitrogens is 1. The van der Waals surface area contributed by atoms with E-state index in [0.29, 0.717) is 11.4 Å². The monoisotopic (exact) mass is 236 g/mol. The minimum absolute atomic E-state index is 0.000799. The van der Waals surface area contributed by atoms with Gasteiger partial charge in [-0.05, 0) is 12.1 Å². The Kier molecular flexibility index (Phi) is 4.45. The Hall–Kier alpha value is -2.11. The first-order valence-electron chi connectivity index (χ1n) is 5.16. The van der Waals surface area contributed by atoms with Crippen LogP contribution in [0.3, 0.4) is 0 Å². The molecule has 92 valence electrons.